The smallest absolute Gasteiger partial charge is 0.427 e. The van der Waals surface area contributed by atoms with Crippen LogP contribution < -0.4 is 4.74 Å². The van der Waals surface area contributed by atoms with Crippen LogP contribution in [-0.2, 0) is 14.3 Å². The van der Waals surface area contributed by atoms with E-state index >= 15 is 0 Å². The van der Waals surface area contributed by atoms with Crippen LogP contribution >= 0.6 is 0 Å². The van der Waals surface area contributed by atoms with Crippen LogP contribution in [0.1, 0.15) is 13.8 Å². The monoisotopic (exact) mass is 283 g/mol. The Labute approximate surface area is 114 Å². The van der Waals surface area contributed by atoms with E-state index in [9.17, 15) is 19.7 Å². The van der Waals surface area contributed by atoms with Gasteiger partial charge in [-0.25, -0.2) is 4.79 Å². The van der Waals surface area contributed by atoms with Crippen molar-refractivity contribution in [1.82, 2.24) is 0 Å². The van der Waals surface area contributed by atoms with Crippen LogP contribution in [0.4, 0.5) is 10.5 Å². The normalized spacial score (nSPS) is 9.95. The first kappa shape index (κ1) is 15.4. The minimum Gasteiger partial charge on any atom is -0.427 e. The lowest BCUT2D eigenvalue weighted by Crippen LogP contribution is -2.18. The second-order valence-electron chi connectivity index (χ2n) is 3.98. The summed E-state index contributed by atoms with van der Waals surface area (Å²) in [6.07, 6.45) is -1.07. The minimum absolute atomic E-state index is 0.0794. The van der Waals surface area contributed by atoms with Crippen LogP contribution in [0, 0.1) is 16.0 Å². The molecule has 1 aromatic rings. The standard InChI is InChI=1S/C12H13NO7/c1-8(2)11(14)18-7-19-12(15)20-10-5-3-9(4-6-10)13(16)17/h3-6,8H,7H2,1-2H3. The van der Waals surface area contributed by atoms with Crippen molar-refractivity contribution in [3.05, 3.63) is 34.4 Å². The van der Waals surface area contributed by atoms with Gasteiger partial charge in [-0.2, -0.15) is 0 Å². The highest BCUT2D eigenvalue weighted by Crippen LogP contribution is 2.17. The summed E-state index contributed by atoms with van der Waals surface area (Å²) in [5, 5.41) is 10.4. The van der Waals surface area contributed by atoms with Gasteiger partial charge in [-0.05, 0) is 12.1 Å². The first-order valence-electron chi connectivity index (χ1n) is 5.66. The molecule has 108 valence electrons. The third-order valence-corrected chi connectivity index (χ3v) is 2.10. The van der Waals surface area contributed by atoms with Gasteiger partial charge in [0.05, 0.1) is 10.8 Å². The SMILES string of the molecule is CC(C)C(=O)OCOC(=O)Oc1ccc([N+](=O)[O-])cc1. The number of nitro groups is 1. The molecule has 0 atom stereocenters. The highest BCUT2D eigenvalue weighted by atomic mass is 16.8. The van der Waals surface area contributed by atoms with Gasteiger partial charge in [0.15, 0.2) is 0 Å². The highest BCUT2D eigenvalue weighted by Gasteiger charge is 2.12. The van der Waals surface area contributed by atoms with Crippen LogP contribution in [0.2, 0.25) is 0 Å². The first-order chi connectivity index (χ1) is 9.40. The molecule has 0 radical (unpaired) electrons. The van der Waals surface area contributed by atoms with E-state index in [2.05, 4.69) is 9.47 Å². The summed E-state index contributed by atoms with van der Waals surface area (Å²) >= 11 is 0. The number of nitro benzene ring substituents is 1. The summed E-state index contributed by atoms with van der Waals surface area (Å²) in [7, 11) is 0. The fourth-order valence-corrected chi connectivity index (χ4v) is 1.06. The summed E-state index contributed by atoms with van der Waals surface area (Å²) < 4.78 is 13.8. The number of nitrogens with zero attached hydrogens (tertiary/aromatic N) is 1. The number of carbonyl (C=O) groups excluding carboxylic acids is 2. The van der Waals surface area contributed by atoms with Crippen LogP contribution in [-0.4, -0.2) is 23.8 Å². The molecule has 0 spiro atoms. The largest absolute Gasteiger partial charge is 0.516 e. The fourth-order valence-electron chi connectivity index (χ4n) is 1.06. The molecule has 0 saturated carbocycles. The van der Waals surface area contributed by atoms with Gasteiger partial charge in [0.25, 0.3) is 5.69 Å². The second-order valence-corrected chi connectivity index (χ2v) is 3.98. The quantitative estimate of drug-likeness (QED) is 0.268. The van der Waals surface area contributed by atoms with Crippen molar-refractivity contribution in [3.63, 3.8) is 0 Å². The maximum absolute atomic E-state index is 11.2. The highest BCUT2D eigenvalue weighted by molar-refractivity contribution is 5.71. The van der Waals surface area contributed by atoms with Gasteiger partial charge in [0.2, 0.25) is 6.79 Å². The van der Waals surface area contributed by atoms with E-state index in [4.69, 9.17) is 4.74 Å². The Balaban J connectivity index is 2.39. The molecule has 8 heteroatoms. The Morgan fingerprint density at radius 1 is 1.20 bits per heavy atom. The van der Waals surface area contributed by atoms with Gasteiger partial charge in [0.1, 0.15) is 5.75 Å². The Morgan fingerprint density at radius 2 is 1.80 bits per heavy atom. The van der Waals surface area contributed by atoms with Gasteiger partial charge in [-0.3, -0.25) is 14.9 Å². The summed E-state index contributed by atoms with van der Waals surface area (Å²) in [5.74, 6) is -0.756. The predicted octanol–water partition coefficient (Wildman–Crippen LogP) is 2.27. The van der Waals surface area contributed by atoms with Gasteiger partial charge in [-0.15, -0.1) is 0 Å². The van der Waals surface area contributed by atoms with Gasteiger partial charge < -0.3 is 14.2 Å². The van der Waals surface area contributed by atoms with Crippen molar-refractivity contribution in [2.24, 2.45) is 5.92 Å². The third kappa shape index (κ3) is 4.92. The van der Waals surface area contributed by atoms with E-state index in [1.165, 1.54) is 24.3 Å². The molecule has 20 heavy (non-hydrogen) atoms. The second kappa shape index (κ2) is 7.07. The summed E-state index contributed by atoms with van der Waals surface area (Å²) in [5.41, 5.74) is -0.128. The number of non-ortho nitro benzene ring substituents is 1. The van der Waals surface area contributed by atoms with Crippen molar-refractivity contribution < 1.29 is 28.7 Å². The zero-order chi connectivity index (χ0) is 15.1. The third-order valence-electron chi connectivity index (χ3n) is 2.10. The lowest BCUT2D eigenvalue weighted by atomic mass is 10.2. The molecular formula is C12H13NO7. The van der Waals surface area contributed by atoms with Crippen LogP contribution in [0.25, 0.3) is 0 Å². The molecule has 8 nitrogen and oxygen atoms in total. The Kier molecular flexibility index (Phi) is 5.45. The molecule has 0 bridgehead atoms. The number of rotatable bonds is 5. The molecule has 1 rings (SSSR count). The van der Waals surface area contributed by atoms with Crippen molar-refractivity contribution in [1.29, 1.82) is 0 Å². The molecule has 0 aliphatic carbocycles. The van der Waals surface area contributed by atoms with Gasteiger partial charge in [-0.1, -0.05) is 13.8 Å². The molecule has 0 amide bonds. The summed E-state index contributed by atoms with van der Waals surface area (Å²) in [6, 6.07) is 4.86. The van der Waals surface area contributed by atoms with Gasteiger partial charge >= 0.3 is 12.1 Å². The molecule has 0 unspecified atom stereocenters. The van der Waals surface area contributed by atoms with E-state index in [-0.39, 0.29) is 17.4 Å². The predicted molar refractivity (Wildman–Crippen MR) is 66.0 cm³/mol. The van der Waals surface area contributed by atoms with Crippen LogP contribution in [0.5, 0.6) is 5.75 Å². The average Bonchev–Trinajstić information content (AvgIpc) is 2.39. The lowest BCUT2D eigenvalue weighted by Gasteiger charge is -2.08. The topological polar surface area (TPSA) is 105 Å². The number of ether oxygens (including phenoxy) is 3. The van der Waals surface area contributed by atoms with E-state index < -0.39 is 23.8 Å². The van der Waals surface area contributed by atoms with E-state index in [0.29, 0.717) is 0 Å². The summed E-state index contributed by atoms with van der Waals surface area (Å²) in [6.45, 7) is 2.72. The molecule has 0 heterocycles. The zero-order valence-electron chi connectivity index (χ0n) is 10.9. The number of hydrogen-bond donors (Lipinski definition) is 0. The Hall–Kier alpha value is -2.64. The lowest BCUT2D eigenvalue weighted by molar-refractivity contribution is -0.384. The van der Waals surface area contributed by atoms with Crippen LogP contribution in [0.3, 0.4) is 0 Å². The molecule has 0 saturated heterocycles. The molecule has 0 aromatic heterocycles. The molecule has 0 aliphatic rings. The summed E-state index contributed by atoms with van der Waals surface area (Å²) in [4.78, 5) is 32.1. The first-order valence-corrected chi connectivity index (χ1v) is 5.66. The average molecular weight is 283 g/mol. The van der Waals surface area contributed by atoms with E-state index in [0.717, 1.165) is 0 Å². The zero-order valence-corrected chi connectivity index (χ0v) is 10.9. The van der Waals surface area contributed by atoms with Gasteiger partial charge in [0, 0.05) is 12.1 Å². The van der Waals surface area contributed by atoms with Crippen LogP contribution in [0.15, 0.2) is 24.3 Å². The Morgan fingerprint density at radius 3 is 2.30 bits per heavy atom. The Bertz CT molecular complexity index is 495. The maximum Gasteiger partial charge on any atom is 0.516 e. The molecule has 1 aromatic carbocycles. The van der Waals surface area contributed by atoms with Crippen molar-refractivity contribution in [2.75, 3.05) is 6.79 Å². The number of benzene rings is 1. The van der Waals surface area contributed by atoms with E-state index in [1.54, 1.807) is 13.8 Å². The molecular weight excluding hydrogens is 270 g/mol. The minimum atomic E-state index is -1.07. The van der Waals surface area contributed by atoms with Crippen molar-refractivity contribution in [3.8, 4) is 5.75 Å². The van der Waals surface area contributed by atoms with Crippen molar-refractivity contribution in [2.45, 2.75) is 13.8 Å². The molecule has 0 N–H and O–H groups in total. The molecule has 0 fully saturated rings. The van der Waals surface area contributed by atoms with Crippen molar-refractivity contribution >= 4 is 17.8 Å². The number of hydrogen-bond acceptors (Lipinski definition) is 7. The molecule has 0 aliphatic heterocycles. The number of esters is 1. The van der Waals surface area contributed by atoms with E-state index in [1.807, 2.05) is 0 Å². The number of carbonyl (C=O) groups is 2. The maximum atomic E-state index is 11.2. The fraction of sp³-hybridized carbons (Fsp3) is 0.333.